The standard InChI is InChI=1S/C14H18N4O2S2/c1-3-18(4-2)22(19,20)13-5-6-14(15-10-13)17-16-9-12-7-8-21-11-12/h5-11H,3-4H2,1-2H3,(H,15,17)/b16-9-. The molecule has 0 aliphatic rings. The molecule has 0 saturated heterocycles. The Labute approximate surface area is 134 Å². The maximum atomic E-state index is 12.3. The van der Waals surface area contributed by atoms with Crippen LogP contribution < -0.4 is 5.43 Å². The second-order valence-corrected chi connectivity index (χ2v) is 7.11. The Morgan fingerprint density at radius 3 is 2.64 bits per heavy atom. The molecule has 0 atom stereocenters. The summed E-state index contributed by atoms with van der Waals surface area (Å²) in [4.78, 5) is 4.27. The van der Waals surface area contributed by atoms with Crippen LogP contribution in [0.5, 0.6) is 0 Å². The zero-order valence-corrected chi connectivity index (χ0v) is 14.1. The van der Waals surface area contributed by atoms with Crippen LogP contribution in [0, 0.1) is 0 Å². The third kappa shape index (κ3) is 3.90. The Morgan fingerprint density at radius 1 is 1.32 bits per heavy atom. The average Bonchev–Trinajstić information content (AvgIpc) is 3.02. The highest BCUT2D eigenvalue weighted by Gasteiger charge is 2.21. The van der Waals surface area contributed by atoms with E-state index in [0.29, 0.717) is 18.9 Å². The lowest BCUT2D eigenvalue weighted by Gasteiger charge is -2.18. The molecule has 8 heteroatoms. The zero-order chi connectivity index (χ0) is 16.0. The molecule has 22 heavy (non-hydrogen) atoms. The second-order valence-electron chi connectivity index (χ2n) is 4.40. The molecule has 0 aliphatic heterocycles. The molecule has 0 spiro atoms. The van der Waals surface area contributed by atoms with Gasteiger partial charge in [-0.15, -0.1) is 0 Å². The van der Waals surface area contributed by atoms with E-state index in [9.17, 15) is 8.42 Å². The fourth-order valence-corrected chi connectivity index (χ4v) is 3.85. The Balaban J connectivity index is 2.07. The van der Waals surface area contributed by atoms with E-state index in [4.69, 9.17) is 0 Å². The predicted molar refractivity (Wildman–Crippen MR) is 89.9 cm³/mol. The van der Waals surface area contributed by atoms with Gasteiger partial charge >= 0.3 is 0 Å². The van der Waals surface area contributed by atoms with E-state index in [-0.39, 0.29) is 4.90 Å². The van der Waals surface area contributed by atoms with E-state index in [2.05, 4.69) is 15.5 Å². The first-order valence-electron chi connectivity index (χ1n) is 6.85. The summed E-state index contributed by atoms with van der Waals surface area (Å²) in [6.45, 7) is 4.49. The van der Waals surface area contributed by atoms with E-state index in [1.54, 1.807) is 23.6 Å². The maximum Gasteiger partial charge on any atom is 0.244 e. The van der Waals surface area contributed by atoms with Crippen LogP contribution in [0.2, 0.25) is 0 Å². The number of nitrogens with one attached hydrogen (secondary N) is 1. The van der Waals surface area contributed by atoms with E-state index in [1.165, 1.54) is 16.6 Å². The van der Waals surface area contributed by atoms with Gasteiger partial charge in [0.1, 0.15) is 10.7 Å². The number of thiophene rings is 1. The first kappa shape index (κ1) is 16.6. The molecule has 2 heterocycles. The molecule has 0 amide bonds. The molecule has 2 aromatic rings. The highest BCUT2D eigenvalue weighted by atomic mass is 32.2. The number of sulfonamides is 1. The van der Waals surface area contributed by atoms with Gasteiger partial charge in [-0.25, -0.2) is 13.4 Å². The average molecular weight is 338 g/mol. The quantitative estimate of drug-likeness (QED) is 0.622. The number of hydrogen-bond donors (Lipinski definition) is 1. The number of pyridine rings is 1. The molecular formula is C14H18N4O2S2. The van der Waals surface area contributed by atoms with Gasteiger partial charge in [-0.05, 0) is 29.0 Å². The van der Waals surface area contributed by atoms with Crippen LogP contribution in [-0.4, -0.2) is 37.0 Å². The summed E-state index contributed by atoms with van der Waals surface area (Å²) in [6.07, 6.45) is 3.02. The normalized spacial score (nSPS) is 12.1. The van der Waals surface area contributed by atoms with Gasteiger partial charge in [0.15, 0.2) is 0 Å². The molecule has 0 bridgehead atoms. The van der Waals surface area contributed by atoms with Gasteiger partial charge in [0.05, 0.1) is 6.21 Å². The van der Waals surface area contributed by atoms with Crippen molar-refractivity contribution >= 4 is 33.4 Å². The fourth-order valence-electron chi connectivity index (χ4n) is 1.83. The zero-order valence-electron chi connectivity index (χ0n) is 12.4. The molecule has 0 fully saturated rings. The van der Waals surface area contributed by atoms with Crippen LogP contribution in [0.15, 0.2) is 45.2 Å². The lowest BCUT2D eigenvalue weighted by atomic mass is 10.4. The summed E-state index contributed by atoms with van der Waals surface area (Å²) in [7, 11) is -3.47. The summed E-state index contributed by atoms with van der Waals surface area (Å²) in [5.74, 6) is 0.491. The van der Waals surface area contributed by atoms with Crippen molar-refractivity contribution in [3.8, 4) is 0 Å². The summed E-state index contributed by atoms with van der Waals surface area (Å²) < 4.78 is 26.0. The molecule has 2 rings (SSSR count). The molecule has 0 aliphatic carbocycles. The van der Waals surface area contributed by atoms with Crippen molar-refractivity contribution in [3.05, 3.63) is 40.7 Å². The number of hydrogen-bond acceptors (Lipinski definition) is 6. The van der Waals surface area contributed by atoms with Gasteiger partial charge in [0.2, 0.25) is 10.0 Å². The molecule has 6 nitrogen and oxygen atoms in total. The number of aromatic nitrogens is 1. The molecule has 1 N–H and O–H groups in total. The van der Waals surface area contributed by atoms with E-state index < -0.39 is 10.0 Å². The number of nitrogens with zero attached hydrogens (tertiary/aromatic N) is 3. The number of hydrazone groups is 1. The van der Waals surface area contributed by atoms with Crippen molar-refractivity contribution in [2.75, 3.05) is 18.5 Å². The minimum absolute atomic E-state index is 0.184. The molecular weight excluding hydrogens is 320 g/mol. The SMILES string of the molecule is CCN(CC)S(=O)(=O)c1ccc(N/N=C\c2ccsc2)nc1. The Kier molecular flexibility index (Phi) is 5.64. The van der Waals surface area contributed by atoms with Gasteiger partial charge in [0.25, 0.3) is 0 Å². The van der Waals surface area contributed by atoms with Gasteiger partial charge in [-0.3, -0.25) is 5.43 Å². The monoisotopic (exact) mass is 338 g/mol. The van der Waals surface area contributed by atoms with Crippen LogP contribution >= 0.6 is 11.3 Å². The second kappa shape index (κ2) is 7.48. The minimum Gasteiger partial charge on any atom is -0.261 e. The van der Waals surface area contributed by atoms with E-state index in [0.717, 1.165) is 5.56 Å². The number of anilines is 1. The molecule has 118 valence electrons. The van der Waals surface area contributed by atoms with Crippen molar-refractivity contribution in [1.29, 1.82) is 0 Å². The predicted octanol–water partition coefficient (Wildman–Crippen LogP) is 2.62. The van der Waals surface area contributed by atoms with Crippen LogP contribution in [-0.2, 0) is 10.0 Å². The molecule has 0 aromatic carbocycles. The molecule has 0 unspecified atom stereocenters. The first-order chi connectivity index (χ1) is 10.6. The summed E-state index contributed by atoms with van der Waals surface area (Å²) in [5, 5.41) is 7.99. The summed E-state index contributed by atoms with van der Waals surface area (Å²) in [6, 6.07) is 5.08. The van der Waals surface area contributed by atoms with Gasteiger partial charge in [-0.2, -0.15) is 20.7 Å². The largest absolute Gasteiger partial charge is 0.261 e. The Bertz CT molecular complexity index is 706. The Morgan fingerprint density at radius 2 is 2.09 bits per heavy atom. The fraction of sp³-hybridized carbons (Fsp3) is 0.286. The van der Waals surface area contributed by atoms with Crippen molar-refractivity contribution in [2.45, 2.75) is 18.7 Å². The minimum atomic E-state index is -3.47. The lowest BCUT2D eigenvalue weighted by molar-refractivity contribution is 0.445. The van der Waals surface area contributed by atoms with Crippen molar-refractivity contribution in [1.82, 2.24) is 9.29 Å². The molecule has 0 saturated carbocycles. The van der Waals surface area contributed by atoms with E-state index in [1.807, 2.05) is 30.7 Å². The van der Waals surface area contributed by atoms with Crippen LogP contribution in [0.4, 0.5) is 5.82 Å². The summed E-state index contributed by atoms with van der Waals surface area (Å²) >= 11 is 1.59. The smallest absolute Gasteiger partial charge is 0.244 e. The third-order valence-electron chi connectivity index (χ3n) is 3.02. The van der Waals surface area contributed by atoms with Crippen molar-refractivity contribution in [3.63, 3.8) is 0 Å². The van der Waals surface area contributed by atoms with Gasteiger partial charge in [-0.1, -0.05) is 13.8 Å². The highest BCUT2D eigenvalue weighted by molar-refractivity contribution is 7.89. The topological polar surface area (TPSA) is 74.7 Å². The maximum absolute atomic E-state index is 12.3. The van der Waals surface area contributed by atoms with Crippen LogP contribution in [0.3, 0.4) is 0 Å². The van der Waals surface area contributed by atoms with Gasteiger partial charge in [0, 0.05) is 24.8 Å². The number of rotatable bonds is 7. The Hall–Kier alpha value is -1.77. The van der Waals surface area contributed by atoms with Crippen molar-refractivity contribution in [2.24, 2.45) is 5.10 Å². The highest BCUT2D eigenvalue weighted by Crippen LogP contribution is 2.16. The molecule has 2 aromatic heterocycles. The first-order valence-corrected chi connectivity index (χ1v) is 9.23. The summed E-state index contributed by atoms with van der Waals surface area (Å²) in [5.41, 5.74) is 3.77. The van der Waals surface area contributed by atoms with Gasteiger partial charge < -0.3 is 0 Å². The van der Waals surface area contributed by atoms with Crippen LogP contribution in [0.25, 0.3) is 0 Å². The van der Waals surface area contributed by atoms with Crippen molar-refractivity contribution < 1.29 is 8.42 Å². The van der Waals surface area contributed by atoms with E-state index >= 15 is 0 Å². The molecule has 0 radical (unpaired) electrons. The van der Waals surface area contributed by atoms with Crippen LogP contribution in [0.1, 0.15) is 19.4 Å². The third-order valence-corrected chi connectivity index (χ3v) is 5.75. The lowest BCUT2D eigenvalue weighted by Crippen LogP contribution is -2.30.